The fraction of sp³-hybridized carbons (Fsp3) is 0.500. The number of benzene rings is 1. The molecule has 17 heavy (non-hydrogen) atoms. The van der Waals surface area contributed by atoms with Crippen LogP contribution in [0.3, 0.4) is 0 Å². The highest BCUT2D eigenvalue weighted by Crippen LogP contribution is 2.21. The minimum atomic E-state index is -0.167. The van der Waals surface area contributed by atoms with Gasteiger partial charge in [-0.25, -0.2) is 0 Å². The molecule has 3 heteroatoms. The number of hydrogen-bond donors (Lipinski definition) is 1. The van der Waals surface area contributed by atoms with Gasteiger partial charge >= 0.3 is 5.97 Å². The Hall–Kier alpha value is -1.51. The fourth-order valence-electron chi connectivity index (χ4n) is 1.49. The van der Waals surface area contributed by atoms with Gasteiger partial charge in [0.15, 0.2) is 0 Å². The molecule has 1 atom stereocenters. The van der Waals surface area contributed by atoms with E-state index in [-0.39, 0.29) is 17.6 Å². The van der Waals surface area contributed by atoms with Crippen molar-refractivity contribution in [2.45, 2.75) is 33.1 Å². The topological polar surface area (TPSA) is 46.5 Å². The molecule has 0 aliphatic rings. The third-order valence-electron chi connectivity index (χ3n) is 2.51. The first-order valence-corrected chi connectivity index (χ1v) is 5.93. The monoisotopic (exact) mass is 236 g/mol. The number of hydrogen-bond acceptors (Lipinski definition) is 3. The van der Waals surface area contributed by atoms with Crippen LogP contribution in [0.1, 0.15) is 38.7 Å². The summed E-state index contributed by atoms with van der Waals surface area (Å²) in [7, 11) is 0. The lowest BCUT2D eigenvalue weighted by atomic mass is 9.98. The first-order chi connectivity index (χ1) is 7.99. The summed E-state index contributed by atoms with van der Waals surface area (Å²) >= 11 is 0. The molecule has 0 aliphatic carbocycles. The maximum atomic E-state index is 11.5. The molecule has 0 saturated carbocycles. The van der Waals surface area contributed by atoms with Crippen LogP contribution in [-0.2, 0) is 9.53 Å². The standard InChI is InChI=1S/C14H20O3/c1-10(2)9-17-14(16)8-11(3)12-4-6-13(15)7-5-12/h4-7,10-11,15H,8-9H2,1-3H3. The number of carbonyl (C=O) groups excluding carboxylic acids is 1. The molecule has 0 aromatic heterocycles. The van der Waals surface area contributed by atoms with Crippen molar-refractivity contribution < 1.29 is 14.6 Å². The van der Waals surface area contributed by atoms with Gasteiger partial charge in [-0.05, 0) is 29.5 Å². The first-order valence-electron chi connectivity index (χ1n) is 5.93. The molecule has 0 radical (unpaired) electrons. The molecule has 0 aliphatic heterocycles. The molecule has 3 nitrogen and oxygen atoms in total. The number of phenols is 1. The zero-order valence-electron chi connectivity index (χ0n) is 10.6. The van der Waals surface area contributed by atoms with Crippen molar-refractivity contribution in [3.63, 3.8) is 0 Å². The predicted octanol–water partition coefficient (Wildman–Crippen LogP) is 3.09. The summed E-state index contributed by atoms with van der Waals surface area (Å²) in [6.45, 7) is 6.47. The van der Waals surface area contributed by atoms with Crippen LogP contribution >= 0.6 is 0 Å². The molecule has 0 bridgehead atoms. The van der Waals surface area contributed by atoms with E-state index in [0.29, 0.717) is 18.9 Å². The molecular formula is C14H20O3. The van der Waals surface area contributed by atoms with Gasteiger partial charge in [0.25, 0.3) is 0 Å². The smallest absolute Gasteiger partial charge is 0.306 e. The quantitative estimate of drug-likeness (QED) is 0.799. The SMILES string of the molecule is CC(C)COC(=O)CC(C)c1ccc(O)cc1. The minimum Gasteiger partial charge on any atom is -0.508 e. The zero-order valence-corrected chi connectivity index (χ0v) is 10.6. The summed E-state index contributed by atoms with van der Waals surface area (Å²) in [6, 6.07) is 6.92. The van der Waals surface area contributed by atoms with E-state index < -0.39 is 0 Å². The molecule has 1 aromatic carbocycles. The summed E-state index contributed by atoms with van der Waals surface area (Å²) < 4.78 is 5.13. The van der Waals surface area contributed by atoms with Gasteiger partial charge in [0.1, 0.15) is 5.75 Å². The molecular weight excluding hydrogens is 216 g/mol. The van der Waals surface area contributed by atoms with Crippen molar-refractivity contribution in [2.24, 2.45) is 5.92 Å². The molecule has 1 N–H and O–H groups in total. The second kappa shape index (κ2) is 6.28. The van der Waals surface area contributed by atoms with Crippen molar-refractivity contribution in [1.29, 1.82) is 0 Å². The van der Waals surface area contributed by atoms with E-state index in [9.17, 15) is 9.90 Å². The number of esters is 1. The van der Waals surface area contributed by atoms with Crippen LogP contribution in [0.25, 0.3) is 0 Å². The van der Waals surface area contributed by atoms with Crippen molar-refractivity contribution in [3.05, 3.63) is 29.8 Å². The normalized spacial score (nSPS) is 12.5. The number of phenolic OH excluding ortho intramolecular Hbond substituents is 1. The Balaban J connectivity index is 2.46. The lowest BCUT2D eigenvalue weighted by Crippen LogP contribution is -2.12. The largest absolute Gasteiger partial charge is 0.508 e. The van der Waals surface area contributed by atoms with E-state index in [1.807, 2.05) is 32.9 Å². The summed E-state index contributed by atoms with van der Waals surface area (Å²) in [5.74, 6) is 0.542. The van der Waals surface area contributed by atoms with Crippen LogP contribution in [0, 0.1) is 5.92 Å². The van der Waals surface area contributed by atoms with Crippen LogP contribution in [-0.4, -0.2) is 17.7 Å². The van der Waals surface area contributed by atoms with Gasteiger partial charge in [0.2, 0.25) is 0 Å². The van der Waals surface area contributed by atoms with Gasteiger partial charge < -0.3 is 9.84 Å². The van der Waals surface area contributed by atoms with Crippen LogP contribution in [0.2, 0.25) is 0 Å². The Labute approximate surface area is 102 Å². The maximum absolute atomic E-state index is 11.5. The Kier molecular flexibility index (Phi) is 5.01. The van der Waals surface area contributed by atoms with E-state index in [4.69, 9.17) is 4.74 Å². The van der Waals surface area contributed by atoms with Gasteiger partial charge in [-0.1, -0.05) is 32.9 Å². The Morgan fingerprint density at radius 1 is 1.24 bits per heavy atom. The van der Waals surface area contributed by atoms with Gasteiger partial charge in [0.05, 0.1) is 13.0 Å². The summed E-state index contributed by atoms with van der Waals surface area (Å²) in [4.78, 5) is 11.5. The highest BCUT2D eigenvalue weighted by atomic mass is 16.5. The van der Waals surface area contributed by atoms with E-state index in [1.165, 1.54) is 0 Å². The van der Waals surface area contributed by atoms with Gasteiger partial charge in [-0.2, -0.15) is 0 Å². The molecule has 94 valence electrons. The van der Waals surface area contributed by atoms with Crippen LogP contribution < -0.4 is 0 Å². The maximum Gasteiger partial charge on any atom is 0.306 e. The molecule has 0 spiro atoms. The second-order valence-electron chi connectivity index (χ2n) is 4.77. The lowest BCUT2D eigenvalue weighted by molar-refractivity contribution is -0.145. The highest BCUT2D eigenvalue weighted by molar-refractivity contribution is 5.70. The number of rotatable bonds is 5. The third-order valence-corrected chi connectivity index (χ3v) is 2.51. The van der Waals surface area contributed by atoms with Gasteiger partial charge in [-0.3, -0.25) is 4.79 Å². The van der Waals surface area contributed by atoms with Crippen molar-refractivity contribution in [1.82, 2.24) is 0 Å². The Morgan fingerprint density at radius 2 is 1.82 bits per heavy atom. The summed E-state index contributed by atoms with van der Waals surface area (Å²) in [6.07, 6.45) is 0.373. The van der Waals surface area contributed by atoms with Crippen molar-refractivity contribution in [3.8, 4) is 5.75 Å². The number of aromatic hydroxyl groups is 1. The van der Waals surface area contributed by atoms with E-state index in [1.54, 1.807) is 12.1 Å². The van der Waals surface area contributed by atoms with Crippen molar-refractivity contribution in [2.75, 3.05) is 6.61 Å². The van der Waals surface area contributed by atoms with Crippen LogP contribution in [0.4, 0.5) is 0 Å². The molecule has 1 unspecified atom stereocenters. The van der Waals surface area contributed by atoms with E-state index in [2.05, 4.69) is 0 Å². The molecule has 0 fully saturated rings. The molecule has 1 rings (SSSR count). The molecule has 0 amide bonds. The van der Waals surface area contributed by atoms with Gasteiger partial charge in [-0.15, -0.1) is 0 Å². The molecule has 0 saturated heterocycles. The number of ether oxygens (including phenoxy) is 1. The van der Waals surface area contributed by atoms with Crippen molar-refractivity contribution >= 4 is 5.97 Å². The second-order valence-corrected chi connectivity index (χ2v) is 4.77. The average Bonchev–Trinajstić information content (AvgIpc) is 2.27. The van der Waals surface area contributed by atoms with Crippen LogP contribution in [0.15, 0.2) is 24.3 Å². The number of carbonyl (C=O) groups is 1. The van der Waals surface area contributed by atoms with E-state index >= 15 is 0 Å². The zero-order chi connectivity index (χ0) is 12.8. The fourth-order valence-corrected chi connectivity index (χ4v) is 1.49. The summed E-state index contributed by atoms with van der Waals surface area (Å²) in [5.41, 5.74) is 1.03. The highest BCUT2D eigenvalue weighted by Gasteiger charge is 2.12. The van der Waals surface area contributed by atoms with E-state index in [0.717, 1.165) is 5.56 Å². The molecule has 0 heterocycles. The summed E-state index contributed by atoms with van der Waals surface area (Å²) in [5, 5.41) is 9.17. The van der Waals surface area contributed by atoms with Crippen LogP contribution in [0.5, 0.6) is 5.75 Å². The van der Waals surface area contributed by atoms with Gasteiger partial charge in [0, 0.05) is 0 Å². The predicted molar refractivity (Wildman–Crippen MR) is 66.9 cm³/mol. The molecule has 1 aromatic rings. The minimum absolute atomic E-state index is 0.107. The third kappa shape index (κ3) is 4.89. The first kappa shape index (κ1) is 13.6. The lowest BCUT2D eigenvalue weighted by Gasteiger charge is -2.12. The Morgan fingerprint density at radius 3 is 2.35 bits per heavy atom. The Bertz CT molecular complexity index is 354. The average molecular weight is 236 g/mol.